The Morgan fingerprint density at radius 2 is 1.79 bits per heavy atom. The zero-order chi connectivity index (χ0) is 11.4. The van der Waals surface area contributed by atoms with Gasteiger partial charge in [0, 0.05) is 20.6 Å². The molecule has 0 aromatic heterocycles. The molecule has 5 nitrogen and oxygen atoms in total. The third-order valence-corrected chi connectivity index (χ3v) is 3.00. The van der Waals surface area contributed by atoms with Gasteiger partial charge in [0.1, 0.15) is 0 Å². The lowest BCUT2D eigenvalue weighted by atomic mass is 10.4. The molecule has 0 bridgehead atoms. The van der Waals surface area contributed by atoms with Crippen molar-refractivity contribution >= 4 is 15.9 Å². The van der Waals surface area contributed by atoms with Gasteiger partial charge in [-0.05, 0) is 6.42 Å². The lowest BCUT2D eigenvalue weighted by Crippen LogP contribution is -2.40. The third kappa shape index (κ3) is 4.57. The van der Waals surface area contributed by atoms with Crippen molar-refractivity contribution in [3.8, 4) is 0 Å². The van der Waals surface area contributed by atoms with Gasteiger partial charge in [-0.2, -0.15) is 4.31 Å². The van der Waals surface area contributed by atoms with Crippen LogP contribution in [0.1, 0.15) is 13.3 Å². The first kappa shape index (κ1) is 13.4. The molecule has 0 spiro atoms. The third-order valence-electron chi connectivity index (χ3n) is 1.75. The summed E-state index contributed by atoms with van der Waals surface area (Å²) in [5, 5.41) is 0. The first-order valence-corrected chi connectivity index (χ1v) is 6.29. The standard InChI is InChI=1S/C8H18N2O3S/c1-5-6-10(14(4,12)13)7-8(11)9(2)3/h5-7H2,1-4H3. The summed E-state index contributed by atoms with van der Waals surface area (Å²) in [5.74, 6) is -0.205. The number of rotatable bonds is 5. The van der Waals surface area contributed by atoms with Crippen LogP contribution < -0.4 is 0 Å². The van der Waals surface area contributed by atoms with Crippen molar-refractivity contribution in [2.45, 2.75) is 13.3 Å². The predicted molar refractivity (Wildman–Crippen MR) is 55.4 cm³/mol. The van der Waals surface area contributed by atoms with Crippen LogP contribution in [0.2, 0.25) is 0 Å². The van der Waals surface area contributed by atoms with Crippen LogP contribution in [0, 0.1) is 0 Å². The Bertz CT molecular complexity index is 285. The minimum absolute atomic E-state index is 0.0698. The number of nitrogens with zero attached hydrogens (tertiary/aromatic N) is 2. The van der Waals surface area contributed by atoms with E-state index >= 15 is 0 Å². The number of likely N-dealkylation sites (N-methyl/N-ethyl adjacent to an activating group) is 1. The topological polar surface area (TPSA) is 57.7 Å². The van der Waals surface area contributed by atoms with Gasteiger partial charge in [-0.15, -0.1) is 0 Å². The van der Waals surface area contributed by atoms with E-state index in [1.54, 1.807) is 14.1 Å². The number of hydrogen-bond donors (Lipinski definition) is 0. The summed E-state index contributed by atoms with van der Waals surface area (Å²) >= 11 is 0. The van der Waals surface area contributed by atoms with E-state index in [4.69, 9.17) is 0 Å². The molecule has 0 N–H and O–H groups in total. The van der Waals surface area contributed by atoms with E-state index < -0.39 is 10.0 Å². The van der Waals surface area contributed by atoms with Gasteiger partial charge in [-0.1, -0.05) is 6.92 Å². The van der Waals surface area contributed by atoms with Crippen LogP contribution in [0.5, 0.6) is 0 Å². The zero-order valence-corrected chi connectivity index (χ0v) is 9.97. The molecule has 14 heavy (non-hydrogen) atoms. The minimum atomic E-state index is -3.27. The van der Waals surface area contributed by atoms with Gasteiger partial charge < -0.3 is 4.90 Å². The smallest absolute Gasteiger partial charge is 0.237 e. The Morgan fingerprint density at radius 3 is 2.07 bits per heavy atom. The summed E-state index contributed by atoms with van der Waals surface area (Å²) < 4.78 is 23.7. The summed E-state index contributed by atoms with van der Waals surface area (Å²) in [4.78, 5) is 12.7. The lowest BCUT2D eigenvalue weighted by Gasteiger charge is -2.20. The van der Waals surface area contributed by atoms with Crippen LogP contribution in [0.3, 0.4) is 0 Å². The number of amides is 1. The highest BCUT2D eigenvalue weighted by Gasteiger charge is 2.19. The summed E-state index contributed by atoms with van der Waals surface area (Å²) in [6.45, 7) is 2.19. The number of hydrogen-bond acceptors (Lipinski definition) is 3. The first-order chi connectivity index (χ1) is 6.29. The van der Waals surface area contributed by atoms with E-state index in [0.29, 0.717) is 13.0 Å². The largest absolute Gasteiger partial charge is 0.348 e. The highest BCUT2D eigenvalue weighted by atomic mass is 32.2. The number of sulfonamides is 1. The lowest BCUT2D eigenvalue weighted by molar-refractivity contribution is -0.128. The minimum Gasteiger partial charge on any atom is -0.348 e. The van der Waals surface area contributed by atoms with E-state index in [1.165, 1.54) is 9.21 Å². The molecule has 0 atom stereocenters. The Hall–Kier alpha value is -0.620. The van der Waals surface area contributed by atoms with Crippen molar-refractivity contribution in [1.82, 2.24) is 9.21 Å². The van der Waals surface area contributed by atoms with Crippen LogP contribution in [0.25, 0.3) is 0 Å². The SMILES string of the molecule is CCCN(CC(=O)N(C)C)S(C)(=O)=O. The Kier molecular flexibility index (Phi) is 5.07. The maximum atomic E-state index is 11.3. The summed E-state index contributed by atoms with van der Waals surface area (Å²) in [5.41, 5.74) is 0. The van der Waals surface area contributed by atoms with Gasteiger partial charge in [0.15, 0.2) is 0 Å². The fourth-order valence-electron chi connectivity index (χ4n) is 0.904. The molecule has 0 aromatic carbocycles. The van der Waals surface area contributed by atoms with Gasteiger partial charge in [-0.3, -0.25) is 4.79 Å². The normalized spacial score (nSPS) is 11.8. The average molecular weight is 222 g/mol. The molecule has 0 unspecified atom stereocenters. The van der Waals surface area contributed by atoms with Gasteiger partial charge >= 0.3 is 0 Å². The van der Waals surface area contributed by atoms with Crippen molar-refractivity contribution in [1.29, 1.82) is 0 Å². The van der Waals surface area contributed by atoms with Crippen LogP contribution in [0.15, 0.2) is 0 Å². The van der Waals surface area contributed by atoms with Crippen molar-refractivity contribution in [2.24, 2.45) is 0 Å². The quantitative estimate of drug-likeness (QED) is 0.644. The first-order valence-electron chi connectivity index (χ1n) is 4.44. The fourth-order valence-corrected chi connectivity index (χ4v) is 1.76. The second-order valence-corrected chi connectivity index (χ2v) is 5.37. The van der Waals surface area contributed by atoms with Gasteiger partial charge in [0.05, 0.1) is 12.8 Å². The van der Waals surface area contributed by atoms with Crippen LogP contribution in [-0.2, 0) is 14.8 Å². The zero-order valence-electron chi connectivity index (χ0n) is 9.15. The predicted octanol–water partition coefficient (Wildman–Crippen LogP) is -0.254. The fraction of sp³-hybridized carbons (Fsp3) is 0.875. The molecule has 0 radical (unpaired) electrons. The summed E-state index contributed by atoms with van der Waals surface area (Å²) in [7, 11) is -0.0580. The summed E-state index contributed by atoms with van der Waals surface area (Å²) in [6.07, 6.45) is 1.82. The van der Waals surface area contributed by atoms with Gasteiger partial charge in [0.2, 0.25) is 15.9 Å². The average Bonchev–Trinajstić information content (AvgIpc) is 2.01. The molecule has 0 aliphatic rings. The van der Waals surface area contributed by atoms with Crippen molar-refractivity contribution in [3.05, 3.63) is 0 Å². The van der Waals surface area contributed by atoms with Crippen LogP contribution in [0.4, 0.5) is 0 Å². The Balaban J connectivity index is 4.47. The number of carbonyl (C=O) groups is 1. The molecule has 6 heteroatoms. The van der Waals surface area contributed by atoms with Crippen LogP contribution in [-0.4, -0.2) is 57.0 Å². The molecule has 0 aliphatic carbocycles. The highest BCUT2D eigenvalue weighted by Crippen LogP contribution is 2.00. The number of carbonyl (C=O) groups excluding carboxylic acids is 1. The highest BCUT2D eigenvalue weighted by molar-refractivity contribution is 7.88. The van der Waals surface area contributed by atoms with E-state index in [0.717, 1.165) is 6.26 Å². The molecule has 0 saturated heterocycles. The van der Waals surface area contributed by atoms with E-state index in [9.17, 15) is 13.2 Å². The Morgan fingerprint density at radius 1 is 1.29 bits per heavy atom. The molecule has 0 aromatic rings. The second-order valence-electron chi connectivity index (χ2n) is 3.38. The molecule has 0 aliphatic heterocycles. The van der Waals surface area contributed by atoms with Gasteiger partial charge in [-0.25, -0.2) is 8.42 Å². The molecular formula is C8H18N2O3S. The molecule has 0 fully saturated rings. The molecule has 1 amide bonds. The molecule has 0 rings (SSSR count). The monoisotopic (exact) mass is 222 g/mol. The molecule has 0 heterocycles. The van der Waals surface area contributed by atoms with Crippen molar-refractivity contribution in [3.63, 3.8) is 0 Å². The van der Waals surface area contributed by atoms with E-state index in [2.05, 4.69) is 0 Å². The summed E-state index contributed by atoms with van der Waals surface area (Å²) in [6, 6.07) is 0. The molecule has 0 saturated carbocycles. The van der Waals surface area contributed by atoms with Crippen molar-refractivity contribution < 1.29 is 13.2 Å². The Labute approximate surface area is 85.7 Å². The van der Waals surface area contributed by atoms with Crippen LogP contribution >= 0.6 is 0 Å². The van der Waals surface area contributed by atoms with E-state index in [-0.39, 0.29) is 12.5 Å². The molecular weight excluding hydrogens is 204 g/mol. The van der Waals surface area contributed by atoms with Crippen molar-refractivity contribution in [2.75, 3.05) is 33.4 Å². The van der Waals surface area contributed by atoms with E-state index in [1.807, 2.05) is 6.92 Å². The van der Waals surface area contributed by atoms with Gasteiger partial charge in [0.25, 0.3) is 0 Å². The molecule has 84 valence electrons. The maximum Gasteiger partial charge on any atom is 0.237 e. The second kappa shape index (κ2) is 5.31. The maximum absolute atomic E-state index is 11.3.